The summed E-state index contributed by atoms with van der Waals surface area (Å²) in [6.07, 6.45) is 0. The number of aryl methyl sites for hydroxylation is 1. The highest BCUT2D eigenvalue weighted by Gasteiger charge is 2.24. The highest BCUT2D eigenvalue weighted by Crippen LogP contribution is 2.27. The van der Waals surface area contributed by atoms with Crippen molar-refractivity contribution in [2.75, 3.05) is 13.1 Å². The van der Waals surface area contributed by atoms with Gasteiger partial charge in [0.05, 0.1) is 0 Å². The van der Waals surface area contributed by atoms with E-state index < -0.39 is 0 Å². The van der Waals surface area contributed by atoms with Gasteiger partial charge in [-0.3, -0.25) is 4.90 Å². The molecule has 20 heavy (non-hydrogen) atoms. The maximum absolute atomic E-state index is 5.86. The Balaban J connectivity index is 0.00000147. The average Bonchev–Trinajstić information content (AvgIpc) is 2.71. The van der Waals surface area contributed by atoms with Crippen molar-refractivity contribution in [3.63, 3.8) is 0 Å². The van der Waals surface area contributed by atoms with Gasteiger partial charge >= 0.3 is 0 Å². The minimum atomic E-state index is 0. The molecule has 1 saturated heterocycles. The van der Waals surface area contributed by atoms with E-state index in [2.05, 4.69) is 49.2 Å². The topological polar surface area (TPSA) is 28.4 Å². The summed E-state index contributed by atoms with van der Waals surface area (Å²) in [5.41, 5.74) is 2.35. The number of furan rings is 1. The number of rotatable bonds is 2. The van der Waals surface area contributed by atoms with Crippen LogP contribution in [0.1, 0.15) is 25.2 Å². The van der Waals surface area contributed by atoms with Crippen molar-refractivity contribution in [2.24, 2.45) is 0 Å². The van der Waals surface area contributed by atoms with Crippen molar-refractivity contribution in [1.82, 2.24) is 10.2 Å². The third-order valence-electron chi connectivity index (χ3n) is 4.15. The average molecular weight is 295 g/mol. The second-order valence-electron chi connectivity index (χ2n) is 5.72. The van der Waals surface area contributed by atoms with Gasteiger partial charge in [-0.1, -0.05) is 18.2 Å². The summed E-state index contributed by atoms with van der Waals surface area (Å²) in [6, 6.07) is 9.47. The monoisotopic (exact) mass is 294 g/mol. The number of para-hydroxylation sites is 1. The van der Waals surface area contributed by atoms with Crippen LogP contribution in [0.25, 0.3) is 11.0 Å². The van der Waals surface area contributed by atoms with Gasteiger partial charge in [0.25, 0.3) is 0 Å². The summed E-state index contributed by atoms with van der Waals surface area (Å²) >= 11 is 0. The largest absolute Gasteiger partial charge is 0.461 e. The molecule has 0 bridgehead atoms. The van der Waals surface area contributed by atoms with Crippen molar-refractivity contribution < 1.29 is 4.42 Å². The van der Waals surface area contributed by atoms with Crippen LogP contribution in [0.2, 0.25) is 0 Å². The van der Waals surface area contributed by atoms with E-state index >= 15 is 0 Å². The third-order valence-corrected chi connectivity index (χ3v) is 4.15. The third kappa shape index (κ3) is 2.85. The lowest BCUT2D eigenvalue weighted by atomic mass is 10.1. The molecule has 1 aromatic heterocycles. The quantitative estimate of drug-likeness (QED) is 0.921. The second kappa shape index (κ2) is 6.17. The Kier molecular flexibility index (Phi) is 4.74. The zero-order valence-corrected chi connectivity index (χ0v) is 13.2. The fraction of sp³-hybridized carbons (Fsp3) is 0.500. The molecule has 0 amide bonds. The zero-order chi connectivity index (χ0) is 13.4. The highest BCUT2D eigenvalue weighted by atomic mass is 35.5. The molecule has 3 rings (SSSR count). The molecule has 4 heteroatoms. The molecule has 0 radical (unpaired) electrons. The molecule has 1 aliphatic heterocycles. The van der Waals surface area contributed by atoms with Crippen molar-refractivity contribution in [2.45, 2.75) is 39.4 Å². The molecule has 3 nitrogen and oxygen atoms in total. The highest BCUT2D eigenvalue weighted by molar-refractivity contribution is 5.85. The molecule has 1 aromatic carbocycles. The Labute approximate surface area is 126 Å². The van der Waals surface area contributed by atoms with Gasteiger partial charge in [0.2, 0.25) is 0 Å². The Morgan fingerprint density at radius 1 is 1.30 bits per heavy atom. The summed E-state index contributed by atoms with van der Waals surface area (Å²) in [7, 11) is 0. The van der Waals surface area contributed by atoms with E-state index in [9.17, 15) is 0 Å². The van der Waals surface area contributed by atoms with Crippen molar-refractivity contribution in [1.29, 1.82) is 0 Å². The van der Waals surface area contributed by atoms with Gasteiger partial charge < -0.3 is 9.73 Å². The van der Waals surface area contributed by atoms with Gasteiger partial charge in [0, 0.05) is 42.7 Å². The fourth-order valence-electron chi connectivity index (χ4n) is 2.94. The minimum absolute atomic E-state index is 0. The van der Waals surface area contributed by atoms with E-state index in [1.807, 2.05) is 6.07 Å². The lowest BCUT2D eigenvalue weighted by Crippen LogP contribution is -2.53. The number of hydrogen-bond donors (Lipinski definition) is 1. The van der Waals surface area contributed by atoms with Gasteiger partial charge in [-0.2, -0.15) is 0 Å². The van der Waals surface area contributed by atoms with Crippen LogP contribution in [0.15, 0.2) is 28.7 Å². The SMILES string of the molecule is Cc1oc2ccccc2c1CN1CC(C)NCC1C.Cl. The van der Waals surface area contributed by atoms with Gasteiger partial charge in [-0.05, 0) is 26.8 Å². The van der Waals surface area contributed by atoms with Crippen LogP contribution in [0, 0.1) is 6.92 Å². The van der Waals surface area contributed by atoms with Crippen LogP contribution in [0.3, 0.4) is 0 Å². The minimum Gasteiger partial charge on any atom is -0.461 e. The summed E-state index contributed by atoms with van der Waals surface area (Å²) in [4.78, 5) is 2.55. The molecule has 2 atom stereocenters. The van der Waals surface area contributed by atoms with Crippen LogP contribution in [-0.4, -0.2) is 30.1 Å². The van der Waals surface area contributed by atoms with Gasteiger partial charge in [-0.25, -0.2) is 0 Å². The maximum Gasteiger partial charge on any atom is 0.134 e. The van der Waals surface area contributed by atoms with Gasteiger partial charge in [-0.15, -0.1) is 12.4 Å². The summed E-state index contributed by atoms with van der Waals surface area (Å²) < 4.78 is 5.86. The molecule has 110 valence electrons. The van der Waals surface area contributed by atoms with Crippen molar-refractivity contribution in [3.8, 4) is 0 Å². The molecule has 1 aliphatic rings. The van der Waals surface area contributed by atoms with Crippen LogP contribution in [-0.2, 0) is 6.54 Å². The Bertz CT molecular complexity index is 581. The van der Waals surface area contributed by atoms with Gasteiger partial charge in [0.15, 0.2) is 0 Å². The number of benzene rings is 1. The predicted molar refractivity (Wildman–Crippen MR) is 85.5 cm³/mol. The first-order valence-corrected chi connectivity index (χ1v) is 7.09. The van der Waals surface area contributed by atoms with Crippen molar-refractivity contribution >= 4 is 23.4 Å². The van der Waals surface area contributed by atoms with E-state index in [1.54, 1.807) is 0 Å². The molecule has 1 fully saturated rings. The molecule has 1 N–H and O–H groups in total. The Hall–Kier alpha value is -1.03. The lowest BCUT2D eigenvalue weighted by Gasteiger charge is -2.37. The lowest BCUT2D eigenvalue weighted by molar-refractivity contribution is 0.138. The van der Waals surface area contributed by atoms with Crippen LogP contribution in [0.5, 0.6) is 0 Å². The number of nitrogens with one attached hydrogen (secondary N) is 1. The smallest absolute Gasteiger partial charge is 0.134 e. The first-order valence-electron chi connectivity index (χ1n) is 7.09. The van der Waals surface area contributed by atoms with E-state index in [0.717, 1.165) is 31.0 Å². The number of nitrogens with zero attached hydrogens (tertiary/aromatic N) is 1. The standard InChI is InChI=1S/C16H22N2O.ClH/c1-11-9-18(12(2)8-17-11)10-15-13(3)19-16-7-5-4-6-14(15)16;/h4-7,11-12,17H,8-10H2,1-3H3;1H. The Morgan fingerprint density at radius 2 is 2.05 bits per heavy atom. The predicted octanol–water partition coefficient (Wildman–Crippen LogP) is 3.35. The molecule has 2 aromatic rings. The maximum atomic E-state index is 5.86. The zero-order valence-electron chi connectivity index (χ0n) is 12.3. The van der Waals surface area contributed by atoms with E-state index in [4.69, 9.17) is 4.42 Å². The summed E-state index contributed by atoms with van der Waals surface area (Å²) in [5.74, 6) is 1.06. The van der Waals surface area contributed by atoms with Crippen LogP contribution < -0.4 is 5.32 Å². The molecular formula is C16H23ClN2O. The Morgan fingerprint density at radius 3 is 2.85 bits per heavy atom. The van der Waals surface area contributed by atoms with Crippen molar-refractivity contribution in [3.05, 3.63) is 35.6 Å². The van der Waals surface area contributed by atoms with Crippen LogP contribution in [0.4, 0.5) is 0 Å². The fourth-order valence-corrected chi connectivity index (χ4v) is 2.94. The molecule has 0 spiro atoms. The second-order valence-corrected chi connectivity index (χ2v) is 5.72. The number of hydrogen-bond acceptors (Lipinski definition) is 3. The van der Waals surface area contributed by atoms with Crippen LogP contribution >= 0.6 is 12.4 Å². The molecule has 0 saturated carbocycles. The molecule has 2 unspecified atom stereocenters. The van der Waals surface area contributed by atoms with Gasteiger partial charge in [0.1, 0.15) is 11.3 Å². The number of fused-ring (bicyclic) bond motifs is 1. The first kappa shape index (κ1) is 15.4. The van der Waals surface area contributed by atoms with E-state index in [0.29, 0.717) is 12.1 Å². The molecular weight excluding hydrogens is 272 g/mol. The van der Waals surface area contributed by atoms with E-state index in [-0.39, 0.29) is 12.4 Å². The number of halogens is 1. The summed E-state index contributed by atoms with van der Waals surface area (Å²) in [5, 5.41) is 4.79. The number of piperazine rings is 1. The normalized spacial score (nSPS) is 23.8. The van der Waals surface area contributed by atoms with E-state index in [1.165, 1.54) is 10.9 Å². The molecule has 0 aliphatic carbocycles. The first-order chi connectivity index (χ1) is 9.15. The molecule has 2 heterocycles. The summed E-state index contributed by atoms with van der Waals surface area (Å²) in [6.45, 7) is 9.76.